The third-order valence-corrected chi connectivity index (χ3v) is 4.24. The molecule has 5 heteroatoms. The zero-order valence-electron chi connectivity index (χ0n) is 12.6. The van der Waals surface area contributed by atoms with Gasteiger partial charge in [0.25, 0.3) is 0 Å². The lowest BCUT2D eigenvalue weighted by Crippen LogP contribution is -2.33. The van der Waals surface area contributed by atoms with Crippen LogP contribution in [0.25, 0.3) is 0 Å². The Bertz CT molecular complexity index is 644. The van der Waals surface area contributed by atoms with Crippen LogP contribution in [0, 0.1) is 13.8 Å². The smallest absolute Gasteiger partial charge is 0.330 e. The lowest BCUT2D eigenvalue weighted by molar-refractivity contribution is -0.142. The molecule has 2 N–H and O–H groups in total. The molecular weight excluding hydrogens is 298 g/mol. The van der Waals surface area contributed by atoms with E-state index in [0.717, 1.165) is 16.0 Å². The number of hydrogen-bond donors (Lipinski definition) is 2. The van der Waals surface area contributed by atoms with Crippen molar-refractivity contribution in [3.63, 3.8) is 0 Å². The Labute approximate surface area is 133 Å². The fourth-order valence-corrected chi connectivity index (χ4v) is 3.10. The Morgan fingerprint density at radius 2 is 1.91 bits per heavy atom. The van der Waals surface area contributed by atoms with Gasteiger partial charge in [0.2, 0.25) is 5.91 Å². The van der Waals surface area contributed by atoms with Crippen molar-refractivity contribution >= 4 is 23.2 Å². The van der Waals surface area contributed by atoms with Crippen LogP contribution in [0.3, 0.4) is 0 Å². The first-order valence-electron chi connectivity index (χ1n) is 7.08. The van der Waals surface area contributed by atoms with Crippen molar-refractivity contribution in [2.24, 2.45) is 0 Å². The van der Waals surface area contributed by atoms with Crippen molar-refractivity contribution in [3.8, 4) is 0 Å². The molecular formula is C17H19NO3S. The fraction of sp³-hybridized carbons (Fsp3) is 0.294. The standard InChI is InChI=1S/C17H19NO3S/c1-11-8-12(2)10-13(9-11)16(17(20)21)18-15(19)6-5-14-4-3-7-22-14/h3-4,7-10,16H,5-6H2,1-2H3,(H,18,19)(H,20,21). The van der Waals surface area contributed by atoms with E-state index in [0.29, 0.717) is 12.0 Å². The van der Waals surface area contributed by atoms with Crippen LogP contribution in [0.5, 0.6) is 0 Å². The predicted molar refractivity (Wildman–Crippen MR) is 87.1 cm³/mol. The summed E-state index contributed by atoms with van der Waals surface area (Å²) in [5.41, 5.74) is 2.57. The minimum absolute atomic E-state index is 0.250. The van der Waals surface area contributed by atoms with Gasteiger partial charge in [0, 0.05) is 11.3 Å². The van der Waals surface area contributed by atoms with Crippen molar-refractivity contribution in [1.82, 2.24) is 5.32 Å². The number of amides is 1. The normalized spacial score (nSPS) is 11.9. The Morgan fingerprint density at radius 1 is 1.23 bits per heavy atom. The quantitative estimate of drug-likeness (QED) is 0.859. The van der Waals surface area contributed by atoms with Gasteiger partial charge in [0.05, 0.1) is 0 Å². The van der Waals surface area contributed by atoms with E-state index in [2.05, 4.69) is 5.32 Å². The van der Waals surface area contributed by atoms with Gasteiger partial charge in [-0.1, -0.05) is 35.4 Å². The third kappa shape index (κ3) is 4.43. The fourth-order valence-electron chi connectivity index (χ4n) is 2.39. The van der Waals surface area contributed by atoms with Gasteiger partial charge >= 0.3 is 5.97 Å². The zero-order valence-corrected chi connectivity index (χ0v) is 13.4. The Hall–Kier alpha value is -2.14. The number of hydrogen-bond acceptors (Lipinski definition) is 3. The number of carboxylic acid groups (broad SMARTS) is 1. The molecule has 4 nitrogen and oxygen atoms in total. The number of carbonyl (C=O) groups excluding carboxylic acids is 1. The van der Waals surface area contributed by atoms with Gasteiger partial charge in [-0.15, -0.1) is 11.3 Å². The van der Waals surface area contributed by atoms with E-state index < -0.39 is 12.0 Å². The van der Waals surface area contributed by atoms with E-state index in [-0.39, 0.29) is 12.3 Å². The molecule has 116 valence electrons. The maximum absolute atomic E-state index is 12.0. The van der Waals surface area contributed by atoms with Crippen LogP contribution in [-0.4, -0.2) is 17.0 Å². The molecule has 2 rings (SSSR count). The van der Waals surface area contributed by atoms with Crippen LogP contribution in [0.2, 0.25) is 0 Å². The van der Waals surface area contributed by atoms with Crippen molar-refractivity contribution in [2.75, 3.05) is 0 Å². The molecule has 2 aromatic rings. The van der Waals surface area contributed by atoms with E-state index in [1.165, 1.54) is 0 Å². The number of benzene rings is 1. The van der Waals surface area contributed by atoms with Gasteiger partial charge in [-0.25, -0.2) is 4.79 Å². The minimum Gasteiger partial charge on any atom is -0.479 e. The van der Waals surface area contributed by atoms with Crippen LogP contribution in [0.4, 0.5) is 0 Å². The molecule has 0 spiro atoms. The minimum atomic E-state index is -1.05. The van der Waals surface area contributed by atoms with E-state index in [1.807, 2.05) is 37.4 Å². The summed E-state index contributed by atoms with van der Waals surface area (Å²) >= 11 is 1.59. The summed E-state index contributed by atoms with van der Waals surface area (Å²) in [6.07, 6.45) is 0.914. The van der Waals surface area contributed by atoms with Crippen molar-refractivity contribution < 1.29 is 14.7 Å². The second-order valence-corrected chi connectivity index (χ2v) is 6.37. The van der Waals surface area contributed by atoms with E-state index >= 15 is 0 Å². The molecule has 0 aliphatic heterocycles. The number of rotatable bonds is 6. The van der Waals surface area contributed by atoms with Gasteiger partial charge in [-0.2, -0.15) is 0 Å². The molecule has 0 bridgehead atoms. The Morgan fingerprint density at radius 3 is 2.45 bits per heavy atom. The number of carboxylic acids is 1. The highest BCUT2D eigenvalue weighted by molar-refractivity contribution is 7.09. The summed E-state index contributed by atoms with van der Waals surface area (Å²) in [6.45, 7) is 3.82. The molecule has 1 aromatic heterocycles. The molecule has 1 aromatic carbocycles. The summed E-state index contributed by atoms with van der Waals surface area (Å²) in [4.78, 5) is 24.6. The van der Waals surface area contributed by atoms with E-state index in [4.69, 9.17) is 0 Å². The van der Waals surface area contributed by atoms with Crippen LogP contribution >= 0.6 is 11.3 Å². The van der Waals surface area contributed by atoms with Crippen molar-refractivity contribution in [3.05, 3.63) is 57.3 Å². The number of aliphatic carboxylic acids is 1. The average molecular weight is 317 g/mol. The molecule has 1 heterocycles. The highest BCUT2D eigenvalue weighted by atomic mass is 32.1. The Balaban J connectivity index is 2.05. The molecule has 1 atom stereocenters. The lowest BCUT2D eigenvalue weighted by atomic mass is 10.0. The lowest BCUT2D eigenvalue weighted by Gasteiger charge is -2.16. The highest BCUT2D eigenvalue weighted by Gasteiger charge is 2.22. The maximum atomic E-state index is 12.0. The van der Waals surface area contributed by atoms with Crippen molar-refractivity contribution in [1.29, 1.82) is 0 Å². The molecule has 1 amide bonds. The number of thiophene rings is 1. The van der Waals surface area contributed by atoms with E-state index in [1.54, 1.807) is 23.5 Å². The molecule has 0 saturated heterocycles. The molecule has 22 heavy (non-hydrogen) atoms. The topological polar surface area (TPSA) is 66.4 Å². The first-order chi connectivity index (χ1) is 10.5. The van der Waals surface area contributed by atoms with Crippen LogP contribution in [0.15, 0.2) is 35.7 Å². The maximum Gasteiger partial charge on any atom is 0.330 e. The Kier molecular flexibility index (Phi) is 5.33. The van der Waals surface area contributed by atoms with Gasteiger partial charge in [0.15, 0.2) is 6.04 Å². The SMILES string of the molecule is Cc1cc(C)cc(C(NC(=O)CCc2cccs2)C(=O)O)c1. The summed E-state index contributed by atoms with van der Waals surface area (Å²) in [6, 6.07) is 8.47. The third-order valence-electron chi connectivity index (χ3n) is 3.31. The van der Waals surface area contributed by atoms with Crippen LogP contribution < -0.4 is 5.32 Å². The second kappa shape index (κ2) is 7.22. The molecule has 0 radical (unpaired) electrons. The van der Waals surface area contributed by atoms with E-state index in [9.17, 15) is 14.7 Å². The zero-order chi connectivity index (χ0) is 16.1. The van der Waals surface area contributed by atoms with Crippen molar-refractivity contribution in [2.45, 2.75) is 32.7 Å². The van der Waals surface area contributed by atoms with Crippen LogP contribution in [-0.2, 0) is 16.0 Å². The second-order valence-electron chi connectivity index (χ2n) is 5.34. The average Bonchev–Trinajstić information content (AvgIpc) is 2.94. The molecule has 0 aliphatic carbocycles. The van der Waals surface area contributed by atoms with Gasteiger partial charge < -0.3 is 10.4 Å². The summed E-state index contributed by atoms with van der Waals surface area (Å²) in [7, 11) is 0. The van der Waals surface area contributed by atoms with Gasteiger partial charge in [-0.3, -0.25) is 4.79 Å². The number of nitrogens with one attached hydrogen (secondary N) is 1. The van der Waals surface area contributed by atoms with Gasteiger partial charge in [-0.05, 0) is 37.3 Å². The summed E-state index contributed by atoms with van der Waals surface area (Å²) < 4.78 is 0. The number of carbonyl (C=O) groups is 2. The first-order valence-corrected chi connectivity index (χ1v) is 7.96. The largest absolute Gasteiger partial charge is 0.479 e. The molecule has 0 aliphatic rings. The monoisotopic (exact) mass is 317 g/mol. The highest BCUT2D eigenvalue weighted by Crippen LogP contribution is 2.18. The van der Waals surface area contributed by atoms with Crippen LogP contribution in [0.1, 0.15) is 34.0 Å². The summed E-state index contributed by atoms with van der Waals surface area (Å²) in [5.74, 6) is -1.30. The molecule has 0 fully saturated rings. The predicted octanol–water partition coefficient (Wildman–Crippen LogP) is 3.24. The molecule has 0 saturated carbocycles. The summed E-state index contributed by atoms with van der Waals surface area (Å²) in [5, 5.41) is 14.0. The number of aryl methyl sites for hydroxylation is 3. The van der Waals surface area contributed by atoms with Gasteiger partial charge in [0.1, 0.15) is 0 Å². The first kappa shape index (κ1) is 16.2. The molecule has 1 unspecified atom stereocenters.